The van der Waals surface area contributed by atoms with Crippen molar-refractivity contribution < 1.29 is 20.1 Å². The molecule has 4 rings (SSSR count). The Morgan fingerprint density at radius 1 is 1.12 bits per heavy atom. The molecule has 4 nitrogen and oxygen atoms in total. The van der Waals surface area contributed by atoms with Gasteiger partial charge in [-0.25, -0.2) is 0 Å². The number of hydrogen-bond acceptors (Lipinski definition) is 4. The minimum Gasteiger partial charge on any atom is -0.393 e. The summed E-state index contributed by atoms with van der Waals surface area (Å²) in [5, 5.41) is 29.9. The fourth-order valence-corrected chi connectivity index (χ4v) is 7.05. The Morgan fingerprint density at radius 3 is 2.59 bits per heavy atom. The van der Waals surface area contributed by atoms with Gasteiger partial charge in [-0.1, -0.05) is 50.3 Å². The first-order chi connectivity index (χ1) is 16.2. The Hall–Kier alpha value is -1.20. The molecule has 4 saturated carbocycles. The highest BCUT2D eigenvalue weighted by Gasteiger charge is 2.50. The standard InChI is InChI=1S/C30H46O4/c1-19(7-14-29(23-9-10-23)34-18-20(2)31)26-12-13-27-22(6-5-15-30(26,27)4)8-11-24-16-25(32)17-28(33)21(24)3/h7-8,11,14,19-20,23,25-29,31-33H,3,5-6,9-10,12-13,15-18H2,1-2,4H3/b14-7+,22-8?,24-11-/t19-,20?,25-,26-,27+,28+,29-,30-/m1/s1. The molecule has 4 fully saturated rings. The lowest BCUT2D eigenvalue weighted by atomic mass is 9.61. The van der Waals surface area contributed by atoms with Gasteiger partial charge in [0.2, 0.25) is 0 Å². The number of rotatable bonds is 8. The average Bonchev–Trinajstić information content (AvgIpc) is 3.55. The summed E-state index contributed by atoms with van der Waals surface area (Å²) >= 11 is 0. The maximum Gasteiger partial charge on any atom is 0.0811 e. The third-order valence-corrected chi connectivity index (χ3v) is 9.16. The second-order valence-electron chi connectivity index (χ2n) is 11.9. The van der Waals surface area contributed by atoms with Crippen molar-refractivity contribution in [2.24, 2.45) is 29.1 Å². The van der Waals surface area contributed by atoms with E-state index in [0.717, 1.165) is 17.6 Å². The fourth-order valence-electron chi connectivity index (χ4n) is 7.05. The molecule has 0 heterocycles. The SMILES string of the molecule is C=C1/C(=C\C=C2CCC[C@]3(C)[C@@H]([C@H](C)/C=C/[C@@H](OCC(C)O)C4CC4)CC[C@@H]23)C[C@@H](O)C[C@@H]1O. The minimum atomic E-state index is -0.627. The topological polar surface area (TPSA) is 69.9 Å². The number of aliphatic hydroxyl groups is 3. The highest BCUT2D eigenvalue weighted by Crippen LogP contribution is 2.59. The van der Waals surface area contributed by atoms with E-state index in [1.165, 1.54) is 38.5 Å². The van der Waals surface area contributed by atoms with Crippen LogP contribution in [0.2, 0.25) is 0 Å². The molecule has 0 aromatic rings. The highest BCUT2D eigenvalue weighted by molar-refractivity contribution is 5.38. The number of aliphatic hydroxyl groups excluding tert-OH is 3. The van der Waals surface area contributed by atoms with Crippen molar-refractivity contribution in [3.05, 3.63) is 47.6 Å². The highest BCUT2D eigenvalue weighted by atomic mass is 16.5. The summed E-state index contributed by atoms with van der Waals surface area (Å²) in [5.74, 6) is 2.40. The van der Waals surface area contributed by atoms with Crippen LogP contribution in [-0.4, -0.2) is 46.3 Å². The molecular formula is C30H46O4. The van der Waals surface area contributed by atoms with E-state index in [-0.39, 0.29) is 6.10 Å². The third kappa shape index (κ3) is 5.78. The van der Waals surface area contributed by atoms with Crippen LogP contribution in [0, 0.1) is 29.1 Å². The molecule has 0 amide bonds. The maximum atomic E-state index is 10.2. The van der Waals surface area contributed by atoms with E-state index in [1.54, 1.807) is 12.5 Å². The second-order valence-corrected chi connectivity index (χ2v) is 11.9. The van der Waals surface area contributed by atoms with E-state index in [4.69, 9.17) is 4.74 Å². The van der Waals surface area contributed by atoms with E-state index >= 15 is 0 Å². The summed E-state index contributed by atoms with van der Waals surface area (Å²) in [5.41, 5.74) is 3.62. The van der Waals surface area contributed by atoms with Crippen LogP contribution in [0.4, 0.5) is 0 Å². The summed E-state index contributed by atoms with van der Waals surface area (Å²) in [6.07, 6.45) is 17.3. The normalized spacial score (nSPS) is 39.5. The van der Waals surface area contributed by atoms with E-state index in [0.29, 0.717) is 48.5 Å². The lowest BCUT2D eigenvalue weighted by Crippen LogP contribution is -2.35. The van der Waals surface area contributed by atoms with Crippen molar-refractivity contribution in [2.75, 3.05) is 6.61 Å². The largest absolute Gasteiger partial charge is 0.393 e. The van der Waals surface area contributed by atoms with Crippen molar-refractivity contribution in [1.29, 1.82) is 0 Å². The second kappa shape index (κ2) is 10.8. The average molecular weight is 471 g/mol. The van der Waals surface area contributed by atoms with Crippen LogP contribution in [0.1, 0.15) is 78.6 Å². The number of fused-ring (bicyclic) bond motifs is 1. The lowest BCUT2D eigenvalue weighted by Gasteiger charge is -2.44. The molecule has 0 radical (unpaired) electrons. The molecule has 0 aliphatic heterocycles. The van der Waals surface area contributed by atoms with Crippen molar-refractivity contribution in [3.63, 3.8) is 0 Å². The van der Waals surface area contributed by atoms with Crippen molar-refractivity contribution in [3.8, 4) is 0 Å². The van der Waals surface area contributed by atoms with Crippen LogP contribution >= 0.6 is 0 Å². The van der Waals surface area contributed by atoms with E-state index in [2.05, 4.69) is 44.7 Å². The van der Waals surface area contributed by atoms with Crippen molar-refractivity contribution in [2.45, 2.75) is 103 Å². The monoisotopic (exact) mass is 470 g/mol. The Kier molecular flexibility index (Phi) is 8.24. The molecule has 34 heavy (non-hydrogen) atoms. The summed E-state index contributed by atoms with van der Waals surface area (Å²) in [4.78, 5) is 0. The molecule has 190 valence electrons. The van der Waals surface area contributed by atoms with Gasteiger partial charge in [0.15, 0.2) is 0 Å². The zero-order chi connectivity index (χ0) is 24.5. The molecule has 0 saturated heterocycles. The Labute approximate surface area is 206 Å². The van der Waals surface area contributed by atoms with Gasteiger partial charge in [-0.15, -0.1) is 0 Å². The number of allylic oxidation sites excluding steroid dienone is 4. The van der Waals surface area contributed by atoms with Gasteiger partial charge >= 0.3 is 0 Å². The first-order valence-corrected chi connectivity index (χ1v) is 13.6. The van der Waals surface area contributed by atoms with Gasteiger partial charge in [-0.05, 0) is 98.5 Å². The van der Waals surface area contributed by atoms with Crippen LogP contribution in [0.5, 0.6) is 0 Å². The van der Waals surface area contributed by atoms with Gasteiger partial charge in [-0.3, -0.25) is 0 Å². The summed E-state index contributed by atoms with van der Waals surface area (Å²) < 4.78 is 6.01. The molecule has 4 aliphatic rings. The molecule has 8 atom stereocenters. The first-order valence-electron chi connectivity index (χ1n) is 13.6. The molecule has 1 unspecified atom stereocenters. The molecular weight excluding hydrogens is 424 g/mol. The van der Waals surface area contributed by atoms with Gasteiger partial charge in [0.1, 0.15) is 0 Å². The van der Waals surface area contributed by atoms with E-state index < -0.39 is 18.3 Å². The Balaban J connectivity index is 1.45. The van der Waals surface area contributed by atoms with Crippen molar-refractivity contribution in [1.82, 2.24) is 0 Å². The summed E-state index contributed by atoms with van der Waals surface area (Å²) in [6, 6.07) is 0. The molecule has 0 spiro atoms. The molecule has 4 heteroatoms. The van der Waals surface area contributed by atoms with Crippen molar-refractivity contribution >= 4 is 0 Å². The quantitative estimate of drug-likeness (QED) is 0.410. The van der Waals surface area contributed by atoms with E-state index in [9.17, 15) is 15.3 Å². The fraction of sp³-hybridized carbons (Fsp3) is 0.733. The summed E-state index contributed by atoms with van der Waals surface area (Å²) in [7, 11) is 0. The van der Waals surface area contributed by atoms with Gasteiger partial charge in [0, 0.05) is 6.42 Å². The Bertz CT molecular complexity index is 820. The predicted octanol–water partition coefficient (Wildman–Crippen LogP) is 5.50. The minimum absolute atomic E-state index is 0.143. The lowest BCUT2D eigenvalue weighted by molar-refractivity contribution is 0.00866. The summed E-state index contributed by atoms with van der Waals surface area (Å²) in [6.45, 7) is 11.2. The molecule has 3 N–H and O–H groups in total. The van der Waals surface area contributed by atoms with Gasteiger partial charge < -0.3 is 20.1 Å². The zero-order valence-electron chi connectivity index (χ0n) is 21.5. The first kappa shape index (κ1) is 25.9. The van der Waals surface area contributed by atoms with E-state index in [1.807, 2.05) is 0 Å². The van der Waals surface area contributed by atoms with Gasteiger partial charge in [-0.2, -0.15) is 0 Å². The number of ether oxygens (including phenoxy) is 1. The smallest absolute Gasteiger partial charge is 0.0811 e. The maximum absolute atomic E-state index is 10.2. The molecule has 0 bridgehead atoms. The molecule has 4 aliphatic carbocycles. The van der Waals surface area contributed by atoms with Crippen LogP contribution in [0.25, 0.3) is 0 Å². The van der Waals surface area contributed by atoms with Gasteiger partial charge in [0.05, 0.1) is 31.0 Å². The zero-order valence-corrected chi connectivity index (χ0v) is 21.5. The van der Waals surface area contributed by atoms with Crippen LogP contribution in [-0.2, 0) is 4.74 Å². The molecule has 0 aromatic heterocycles. The van der Waals surface area contributed by atoms with Crippen LogP contribution < -0.4 is 0 Å². The number of hydrogen-bond donors (Lipinski definition) is 3. The van der Waals surface area contributed by atoms with Crippen LogP contribution in [0.15, 0.2) is 47.6 Å². The predicted molar refractivity (Wildman–Crippen MR) is 137 cm³/mol. The third-order valence-electron chi connectivity index (χ3n) is 9.16. The Morgan fingerprint density at radius 2 is 1.88 bits per heavy atom. The van der Waals surface area contributed by atoms with Crippen LogP contribution in [0.3, 0.4) is 0 Å². The van der Waals surface area contributed by atoms with Gasteiger partial charge in [0.25, 0.3) is 0 Å². The molecule has 0 aromatic carbocycles.